The lowest BCUT2D eigenvalue weighted by Gasteiger charge is -2.21. The first-order chi connectivity index (χ1) is 10.3. The number of hydrazine groups is 1. The zero-order valence-electron chi connectivity index (χ0n) is 11.2. The summed E-state index contributed by atoms with van der Waals surface area (Å²) in [6.07, 6.45) is 5.44. The van der Waals surface area contributed by atoms with Gasteiger partial charge in [0.1, 0.15) is 12.7 Å². The average molecular weight is 286 g/mol. The van der Waals surface area contributed by atoms with Crippen molar-refractivity contribution in [3.63, 3.8) is 0 Å². The van der Waals surface area contributed by atoms with E-state index in [1.807, 2.05) is 4.90 Å². The van der Waals surface area contributed by atoms with Gasteiger partial charge in [0, 0.05) is 12.6 Å². The van der Waals surface area contributed by atoms with Gasteiger partial charge in [0.2, 0.25) is 11.9 Å². The van der Waals surface area contributed by atoms with Crippen LogP contribution in [0.2, 0.25) is 0 Å². The van der Waals surface area contributed by atoms with Crippen LogP contribution >= 0.6 is 0 Å². The molecule has 10 nitrogen and oxygen atoms in total. The zero-order chi connectivity index (χ0) is 14.7. The number of hydrogen-bond acceptors (Lipinski definition) is 9. The highest BCUT2D eigenvalue weighted by molar-refractivity contribution is 5.41. The number of hydrogen-bond donors (Lipinski definition) is 2. The second kappa shape index (κ2) is 5.68. The predicted octanol–water partition coefficient (Wildman–Crippen LogP) is -0.380. The summed E-state index contributed by atoms with van der Waals surface area (Å²) in [5.74, 6) is 6.47. The predicted molar refractivity (Wildman–Crippen MR) is 73.2 cm³/mol. The van der Waals surface area contributed by atoms with Gasteiger partial charge in [0.25, 0.3) is 5.95 Å². The van der Waals surface area contributed by atoms with Crippen LogP contribution in [0.3, 0.4) is 0 Å². The maximum Gasteiger partial charge on any atom is 0.258 e. The van der Waals surface area contributed by atoms with Crippen molar-refractivity contribution in [2.24, 2.45) is 5.84 Å². The molecule has 0 aromatic carbocycles. The fraction of sp³-hybridized carbons (Fsp3) is 0.455. The summed E-state index contributed by atoms with van der Waals surface area (Å²) >= 11 is 0. The van der Waals surface area contributed by atoms with E-state index in [4.69, 9.17) is 11.1 Å². The van der Waals surface area contributed by atoms with Gasteiger partial charge in [-0.15, -0.1) is 0 Å². The number of nitrogens with one attached hydrogen (secondary N) is 1. The Bertz CT molecular complexity index is 642. The number of nitrogens with zero attached hydrogens (tertiary/aromatic N) is 8. The number of rotatable bonds is 6. The monoisotopic (exact) mass is 286 g/mol. The molecule has 1 saturated carbocycles. The molecule has 0 amide bonds. The molecule has 21 heavy (non-hydrogen) atoms. The van der Waals surface area contributed by atoms with Crippen molar-refractivity contribution in [3.05, 3.63) is 12.7 Å². The summed E-state index contributed by atoms with van der Waals surface area (Å²) in [4.78, 5) is 18.7. The SMILES string of the molecule is N#CCCN(c1nc(NN)nc(-n2cncn2)n1)C1CC1. The van der Waals surface area contributed by atoms with E-state index in [1.54, 1.807) is 0 Å². The number of nitrogens with two attached hydrogens (primary N) is 1. The Morgan fingerprint density at radius 2 is 2.29 bits per heavy atom. The third-order valence-corrected chi connectivity index (χ3v) is 3.07. The Kier molecular flexibility index (Phi) is 3.57. The van der Waals surface area contributed by atoms with Gasteiger partial charge in [0.05, 0.1) is 12.5 Å². The molecule has 108 valence electrons. The molecule has 10 heteroatoms. The van der Waals surface area contributed by atoms with Crippen LogP contribution in [-0.2, 0) is 0 Å². The van der Waals surface area contributed by atoms with Gasteiger partial charge in [-0.3, -0.25) is 5.43 Å². The lowest BCUT2D eigenvalue weighted by atomic mass is 10.4. The fourth-order valence-electron chi connectivity index (χ4n) is 1.96. The number of anilines is 2. The summed E-state index contributed by atoms with van der Waals surface area (Å²) in [6.45, 7) is 0.575. The Morgan fingerprint density at radius 1 is 1.43 bits per heavy atom. The molecule has 0 aliphatic heterocycles. The van der Waals surface area contributed by atoms with Crippen LogP contribution < -0.4 is 16.2 Å². The first-order valence-electron chi connectivity index (χ1n) is 6.53. The van der Waals surface area contributed by atoms with E-state index in [0.717, 1.165) is 12.8 Å². The van der Waals surface area contributed by atoms with Gasteiger partial charge in [-0.1, -0.05) is 0 Å². The molecular weight excluding hydrogens is 272 g/mol. The van der Waals surface area contributed by atoms with E-state index < -0.39 is 0 Å². The number of aromatic nitrogens is 6. The van der Waals surface area contributed by atoms with E-state index in [2.05, 4.69) is 36.5 Å². The van der Waals surface area contributed by atoms with Crippen molar-refractivity contribution >= 4 is 11.9 Å². The molecule has 0 saturated heterocycles. The van der Waals surface area contributed by atoms with Crippen molar-refractivity contribution < 1.29 is 0 Å². The molecule has 0 radical (unpaired) electrons. The topological polar surface area (TPSA) is 134 Å². The van der Waals surface area contributed by atoms with Crippen LogP contribution in [0.1, 0.15) is 19.3 Å². The molecule has 0 unspecified atom stereocenters. The lowest BCUT2D eigenvalue weighted by molar-refractivity contribution is 0.731. The maximum atomic E-state index is 8.79. The van der Waals surface area contributed by atoms with E-state index in [9.17, 15) is 0 Å². The molecule has 1 aliphatic rings. The molecule has 2 aromatic heterocycles. The first kappa shape index (κ1) is 13.2. The molecule has 0 atom stereocenters. The Hall–Kier alpha value is -2.80. The van der Waals surface area contributed by atoms with Crippen molar-refractivity contribution in [1.29, 1.82) is 5.26 Å². The van der Waals surface area contributed by atoms with Gasteiger partial charge in [0.15, 0.2) is 0 Å². The van der Waals surface area contributed by atoms with Gasteiger partial charge < -0.3 is 4.90 Å². The van der Waals surface area contributed by atoms with Gasteiger partial charge in [-0.2, -0.15) is 30.0 Å². The zero-order valence-corrected chi connectivity index (χ0v) is 11.2. The highest BCUT2D eigenvalue weighted by Crippen LogP contribution is 2.30. The van der Waals surface area contributed by atoms with Gasteiger partial charge in [-0.05, 0) is 12.8 Å². The number of nitrogen functional groups attached to an aromatic ring is 1. The van der Waals surface area contributed by atoms with Crippen LogP contribution in [-0.4, -0.2) is 42.3 Å². The number of nitriles is 1. The van der Waals surface area contributed by atoms with Crippen LogP contribution in [0.5, 0.6) is 0 Å². The molecule has 2 aromatic rings. The largest absolute Gasteiger partial charge is 0.337 e. The van der Waals surface area contributed by atoms with E-state index >= 15 is 0 Å². The molecule has 3 N–H and O–H groups in total. The Balaban J connectivity index is 1.96. The minimum Gasteiger partial charge on any atom is -0.337 e. The minimum absolute atomic E-state index is 0.244. The summed E-state index contributed by atoms with van der Waals surface area (Å²) in [5.41, 5.74) is 2.42. The molecule has 1 fully saturated rings. The Morgan fingerprint density at radius 3 is 2.90 bits per heavy atom. The first-order valence-corrected chi connectivity index (χ1v) is 6.53. The molecule has 2 heterocycles. The van der Waals surface area contributed by atoms with Crippen LogP contribution in [0.25, 0.3) is 5.95 Å². The summed E-state index contributed by atoms with van der Waals surface area (Å²) in [7, 11) is 0. The molecular formula is C11H14N10. The average Bonchev–Trinajstić information content (AvgIpc) is 3.20. The molecule has 0 bridgehead atoms. The van der Waals surface area contributed by atoms with Crippen molar-refractivity contribution in [2.75, 3.05) is 16.9 Å². The quantitative estimate of drug-likeness (QED) is 0.538. The third kappa shape index (κ3) is 2.87. The normalized spacial score (nSPS) is 13.7. The lowest BCUT2D eigenvalue weighted by Crippen LogP contribution is -2.30. The van der Waals surface area contributed by atoms with Crippen LogP contribution in [0.4, 0.5) is 11.9 Å². The highest BCUT2D eigenvalue weighted by atomic mass is 15.4. The fourth-order valence-corrected chi connectivity index (χ4v) is 1.96. The van der Waals surface area contributed by atoms with Gasteiger partial charge >= 0.3 is 0 Å². The van der Waals surface area contributed by atoms with Crippen molar-refractivity contribution in [3.8, 4) is 12.0 Å². The molecule has 3 rings (SSSR count). The summed E-state index contributed by atoms with van der Waals surface area (Å²) < 4.78 is 1.43. The maximum absolute atomic E-state index is 8.79. The molecule has 0 spiro atoms. The van der Waals surface area contributed by atoms with Gasteiger partial charge in [-0.25, -0.2) is 10.8 Å². The second-order valence-electron chi connectivity index (χ2n) is 4.58. The smallest absolute Gasteiger partial charge is 0.258 e. The van der Waals surface area contributed by atoms with Crippen LogP contribution in [0, 0.1) is 11.3 Å². The van der Waals surface area contributed by atoms with Crippen molar-refractivity contribution in [1.82, 2.24) is 29.7 Å². The summed E-state index contributed by atoms with van der Waals surface area (Å²) in [6, 6.07) is 2.51. The Labute approximate surface area is 120 Å². The minimum atomic E-state index is 0.244. The van der Waals surface area contributed by atoms with E-state index in [0.29, 0.717) is 30.9 Å². The summed E-state index contributed by atoms with van der Waals surface area (Å²) in [5, 5.41) is 12.8. The second-order valence-corrected chi connectivity index (χ2v) is 4.58. The highest BCUT2D eigenvalue weighted by Gasteiger charge is 2.31. The van der Waals surface area contributed by atoms with Crippen LogP contribution in [0.15, 0.2) is 12.7 Å². The molecule has 1 aliphatic carbocycles. The van der Waals surface area contributed by atoms with E-state index in [1.165, 1.54) is 17.3 Å². The van der Waals surface area contributed by atoms with Crippen molar-refractivity contribution in [2.45, 2.75) is 25.3 Å². The standard InChI is InChI=1S/C11H14N10/c12-4-1-5-20(8-2-3-8)10-16-9(19-13)17-11(18-10)21-7-14-6-15-21/h6-8H,1-3,5,13H2,(H,16,17,18,19). The van der Waals surface area contributed by atoms with E-state index in [-0.39, 0.29) is 5.95 Å². The third-order valence-electron chi connectivity index (χ3n) is 3.07.